The number of ether oxygens (including phenoxy) is 2. The molecule has 41 heavy (non-hydrogen) atoms. The molecule has 2 amide bonds. The zero-order valence-corrected chi connectivity index (χ0v) is 25.3. The second-order valence-electron chi connectivity index (χ2n) is 9.69. The minimum Gasteiger partial charge on any atom is -0.497 e. The van der Waals surface area contributed by atoms with Crippen LogP contribution in [0.5, 0.6) is 11.5 Å². The summed E-state index contributed by atoms with van der Waals surface area (Å²) in [7, 11) is -1.19. The number of carbonyl (C=O) groups excluding carboxylic acids is 2. The van der Waals surface area contributed by atoms with E-state index in [2.05, 4.69) is 5.32 Å². The van der Waals surface area contributed by atoms with Crippen molar-refractivity contribution in [3.05, 3.63) is 83.4 Å². The van der Waals surface area contributed by atoms with Crippen LogP contribution in [0.2, 0.25) is 0 Å². The van der Waals surface area contributed by atoms with Crippen molar-refractivity contribution in [2.75, 3.05) is 31.6 Å². The van der Waals surface area contributed by atoms with E-state index in [1.807, 2.05) is 32.9 Å². The van der Waals surface area contributed by atoms with Crippen molar-refractivity contribution >= 4 is 27.5 Å². The quantitative estimate of drug-likeness (QED) is 0.320. The number of sulfonamides is 1. The molecule has 0 radical (unpaired) electrons. The number of carbonyl (C=O) groups is 2. The number of nitrogens with zero attached hydrogens (tertiary/aromatic N) is 2. The first kappa shape index (κ1) is 31.5. The van der Waals surface area contributed by atoms with Gasteiger partial charge >= 0.3 is 0 Å². The van der Waals surface area contributed by atoms with Gasteiger partial charge in [0.25, 0.3) is 10.0 Å². The molecule has 0 aliphatic rings. The van der Waals surface area contributed by atoms with Crippen LogP contribution in [0.1, 0.15) is 37.0 Å². The Bertz CT molecular complexity index is 1440. The smallest absolute Gasteiger partial charge is 0.264 e. The van der Waals surface area contributed by atoms with Crippen molar-refractivity contribution in [1.29, 1.82) is 0 Å². The van der Waals surface area contributed by atoms with Crippen LogP contribution in [0, 0.1) is 13.8 Å². The van der Waals surface area contributed by atoms with Crippen molar-refractivity contribution in [2.45, 2.75) is 51.6 Å². The van der Waals surface area contributed by atoms with Crippen LogP contribution in [-0.4, -0.2) is 58.5 Å². The van der Waals surface area contributed by atoms with E-state index in [1.54, 1.807) is 56.5 Å². The van der Waals surface area contributed by atoms with E-state index in [9.17, 15) is 18.0 Å². The molecule has 3 rings (SSSR count). The summed E-state index contributed by atoms with van der Waals surface area (Å²) < 4.78 is 40.0. The molecule has 10 heteroatoms. The molecule has 9 nitrogen and oxygen atoms in total. The average Bonchev–Trinajstić information content (AvgIpc) is 2.96. The SMILES string of the molecule is CCNC(=O)[C@H](CC)N(Cc1ccc(OC)cc1)C(=O)CN(c1cc(C)ccc1OC)S(=O)(=O)c1ccc(C)cc1. The molecule has 0 bridgehead atoms. The third-order valence-electron chi connectivity index (χ3n) is 6.74. The van der Waals surface area contributed by atoms with E-state index >= 15 is 0 Å². The van der Waals surface area contributed by atoms with E-state index in [1.165, 1.54) is 24.1 Å². The molecule has 3 aromatic carbocycles. The van der Waals surface area contributed by atoms with Crippen LogP contribution >= 0.6 is 0 Å². The maximum absolute atomic E-state index is 14.2. The third kappa shape index (κ3) is 7.58. The summed E-state index contributed by atoms with van der Waals surface area (Å²) in [5, 5.41) is 2.80. The zero-order valence-electron chi connectivity index (χ0n) is 24.5. The summed E-state index contributed by atoms with van der Waals surface area (Å²) in [6, 6.07) is 18.0. The molecule has 220 valence electrons. The predicted octanol–water partition coefficient (Wildman–Crippen LogP) is 4.46. The molecule has 0 saturated heterocycles. The minimum atomic E-state index is -4.20. The first-order valence-electron chi connectivity index (χ1n) is 13.5. The van der Waals surface area contributed by atoms with Crippen molar-refractivity contribution < 1.29 is 27.5 Å². The highest BCUT2D eigenvalue weighted by atomic mass is 32.2. The Morgan fingerprint density at radius 2 is 1.51 bits per heavy atom. The van der Waals surface area contributed by atoms with E-state index in [0.29, 0.717) is 24.5 Å². The van der Waals surface area contributed by atoms with E-state index in [-0.39, 0.29) is 23.0 Å². The molecule has 3 aromatic rings. The van der Waals surface area contributed by atoms with Crippen LogP contribution in [-0.2, 0) is 26.2 Å². The molecule has 1 N–H and O–H groups in total. The van der Waals surface area contributed by atoms with Crippen molar-refractivity contribution in [1.82, 2.24) is 10.2 Å². The van der Waals surface area contributed by atoms with Crippen LogP contribution < -0.4 is 19.1 Å². The second-order valence-corrected chi connectivity index (χ2v) is 11.6. The molecule has 0 heterocycles. The minimum absolute atomic E-state index is 0.0388. The lowest BCUT2D eigenvalue weighted by Crippen LogP contribution is -2.52. The molecule has 1 atom stereocenters. The van der Waals surface area contributed by atoms with E-state index in [4.69, 9.17) is 9.47 Å². The summed E-state index contributed by atoms with van der Waals surface area (Å²) in [4.78, 5) is 28.7. The number of rotatable bonds is 13. The average molecular weight is 582 g/mol. The maximum atomic E-state index is 14.2. The number of hydrogen-bond acceptors (Lipinski definition) is 6. The van der Waals surface area contributed by atoms with Crippen LogP contribution in [0.25, 0.3) is 0 Å². The number of nitrogens with one attached hydrogen (secondary N) is 1. The summed E-state index contributed by atoms with van der Waals surface area (Å²) in [5.41, 5.74) is 2.69. The van der Waals surface area contributed by atoms with Crippen LogP contribution in [0.4, 0.5) is 5.69 Å². The fourth-order valence-corrected chi connectivity index (χ4v) is 5.90. The van der Waals surface area contributed by atoms with Crippen molar-refractivity contribution in [2.24, 2.45) is 0 Å². The van der Waals surface area contributed by atoms with Gasteiger partial charge in [-0.15, -0.1) is 0 Å². The molecule has 0 spiro atoms. The lowest BCUT2D eigenvalue weighted by molar-refractivity contribution is -0.140. The molecule has 0 fully saturated rings. The number of anilines is 1. The Hall–Kier alpha value is -4.05. The highest BCUT2D eigenvalue weighted by Crippen LogP contribution is 2.34. The largest absolute Gasteiger partial charge is 0.497 e. The van der Waals surface area contributed by atoms with Gasteiger partial charge in [-0.3, -0.25) is 13.9 Å². The zero-order chi connectivity index (χ0) is 30.2. The van der Waals surface area contributed by atoms with Gasteiger partial charge < -0.3 is 19.7 Å². The summed E-state index contributed by atoms with van der Waals surface area (Å²) in [6.45, 7) is 7.28. The standard InChI is InChI=1S/C31H39N3O6S/c1-7-27(31(36)32-8-2)33(20-24-12-14-25(39-5)15-13-24)30(35)21-34(28-19-23(4)11-18-29(28)40-6)41(37,38)26-16-9-22(3)10-17-26/h9-19,27H,7-8,20-21H2,1-6H3,(H,32,36)/t27-/m0/s1. The fourth-order valence-electron chi connectivity index (χ4n) is 4.48. The lowest BCUT2D eigenvalue weighted by Gasteiger charge is -2.33. The highest BCUT2D eigenvalue weighted by molar-refractivity contribution is 7.92. The van der Waals surface area contributed by atoms with Gasteiger partial charge in [-0.25, -0.2) is 8.42 Å². The van der Waals surface area contributed by atoms with Gasteiger partial charge in [0.2, 0.25) is 11.8 Å². The predicted molar refractivity (Wildman–Crippen MR) is 160 cm³/mol. The van der Waals surface area contributed by atoms with Gasteiger partial charge in [-0.2, -0.15) is 0 Å². The number of methoxy groups -OCH3 is 2. The van der Waals surface area contributed by atoms with Crippen molar-refractivity contribution in [3.8, 4) is 11.5 Å². The highest BCUT2D eigenvalue weighted by Gasteiger charge is 2.34. The normalized spacial score (nSPS) is 11.9. The van der Waals surface area contributed by atoms with Crippen LogP contribution in [0.3, 0.4) is 0 Å². The van der Waals surface area contributed by atoms with Gasteiger partial charge in [0.1, 0.15) is 24.1 Å². The van der Waals surface area contributed by atoms with E-state index < -0.39 is 28.5 Å². The van der Waals surface area contributed by atoms with Gasteiger partial charge in [-0.1, -0.05) is 42.8 Å². The lowest BCUT2D eigenvalue weighted by atomic mass is 10.1. The molecular formula is C31H39N3O6S. The first-order valence-corrected chi connectivity index (χ1v) is 14.9. The van der Waals surface area contributed by atoms with Gasteiger partial charge in [0.05, 0.1) is 24.8 Å². The first-order chi connectivity index (χ1) is 19.5. The Morgan fingerprint density at radius 3 is 2.07 bits per heavy atom. The topological polar surface area (TPSA) is 105 Å². The summed E-state index contributed by atoms with van der Waals surface area (Å²) >= 11 is 0. The van der Waals surface area contributed by atoms with Gasteiger partial charge in [-0.05, 0) is 74.7 Å². The van der Waals surface area contributed by atoms with Gasteiger partial charge in [0, 0.05) is 13.1 Å². The summed E-state index contributed by atoms with van der Waals surface area (Å²) in [5.74, 6) is 0.122. The number of hydrogen-bond donors (Lipinski definition) is 1. The molecular weight excluding hydrogens is 542 g/mol. The number of benzene rings is 3. The monoisotopic (exact) mass is 581 g/mol. The number of likely N-dealkylation sites (N-methyl/N-ethyl adjacent to an activating group) is 1. The Kier molecular flexibility index (Phi) is 10.8. The fraction of sp³-hybridized carbons (Fsp3) is 0.355. The number of aryl methyl sites for hydroxylation is 2. The third-order valence-corrected chi connectivity index (χ3v) is 8.51. The van der Waals surface area contributed by atoms with Crippen LogP contribution in [0.15, 0.2) is 71.6 Å². The Balaban J connectivity index is 2.12. The van der Waals surface area contributed by atoms with E-state index in [0.717, 1.165) is 21.0 Å². The molecule has 0 aliphatic carbocycles. The van der Waals surface area contributed by atoms with Crippen molar-refractivity contribution in [3.63, 3.8) is 0 Å². The maximum Gasteiger partial charge on any atom is 0.264 e. The summed E-state index contributed by atoms with van der Waals surface area (Å²) in [6.07, 6.45) is 0.339. The molecule has 0 aliphatic heterocycles. The Labute approximate surface area is 243 Å². The number of amides is 2. The molecule has 0 saturated carbocycles. The second kappa shape index (κ2) is 14.0. The Morgan fingerprint density at radius 1 is 0.878 bits per heavy atom. The molecule has 0 unspecified atom stereocenters. The van der Waals surface area contributed by atoms with Gasteiger partial charge in [0.15, 0.2) is 0 Å². The molecule has 0 aromatic heterocycles.